The van der Waals surface area contributed by atoms with Crippen molar-refractivity contribution in [3.8, 4) is 0 Å². The molecule has 26 heavy (non-hydrogen) atoms. The Morgan fingerprint density at radius 3 is 2.54 bits per heavy atom. The maximum atomic E-state index is 13.9. The predicted octanol–water partition coefficient (Wildman–Crippen LogP) is 3.45. The molecule has 0 bridgehead atoms. The number of aliphatic imine (C=N–C) groups is 1. The third kappa shape index (κ3) is 6.15. The van der Waals surface area contributed by atoms with Crippen molar-refractivity contribution in [3.63, 3.8) is 0 Å². The molecule has 140 valence electrons. The number of halogens is 1. The fourth-order valence-electron chi connectivity index (χ4n) is 2.69. The first-order chi connectivity index (χ1) is 12.5. The van der Waals surface area contributed by atoms with Crippen LogP contribution in [0.5, 0.6) is 0 Å². The highest BCUT2D eigenvalue weighted by molar-refractivity contribution is 5.79. The maximum absolute atomic E-state index is 13.9. The van der Waals surface area contributed by atoms with Crippen molar-refractivity contribution in [1.29, 1.82) is 0 Å². The van der Waals surface area contributed by atoms with Gasteiger partial charge in [-0.1, -0.05) is 30.3 Å². The Morgan fingerprint density at radius 2 is 1.85 bits per heavy atom. The van der Waals surface area contributed by atoms with Gasteiger partial charge < -0.3 is 15.5 Å². The Hall–Kier alpha value is -2.40. The molecule has 0 saturated carbocycles. The van der Waals surface area contributed by atoms with Gasteiger partial charge in [-0.2, -0.15) is 0 Å². The highest BCUT2D eigenvalue weighted by atomic mass is 19.1. The number of rotatable bonds is 7. The molecule has 2 N–H and O–H groups in total. The van der Waals surface area contributed by atoms with Crippen LogP contribution in [0.1, 0.15) is 29.2 Å². The third-order valence-corrected chi connectivity index (χ3v) is 4.07. The molecule has 0 fully saturated rings. The lowest BCUT2D eigenvalue weighted by Gasteiger charge is -2.14. The first-order valence-corrected chi connectivity index (χ1v) is 8.98. The van der Waals surface area contributed by atoms with E-state index in [0.29, 0.717) is 25.2 Å². The van der Waals surface area contributed by atoms with Crippen molar-refractivity contribution in [2.45, 2.75) is 33.5 Å². The number of guanidine groups is 1. The monoisotopic (exact) mass is 356 g/mol. The van der Waals surface area contributed by atoms with Crippen molar-refractivity contribution in [2.24, 2.45) is 4.99 Å². The molecule has 0 unspecified atom stereocenters. The van der Waals surface area contributed by atoms with E-state index in [9.17, 15) is 4.39 Å². The molecule has 2 aromatic rings. The Morgan fingerprint density at radius 1 is 1.08 bits per heavy atom. The zero-order valence-electron chi connectivity index (χ0n) is 16.1. The van der Waals surface area contributed by atoms with Gasteiger partial charge in [-0.3, -0.25) is 0 Å². The molecule has 0 heterocycles. The van der Waals surface area contributed by atoms with Crippen LogP contribution in [-0.2, 0) is 19.6 Å². The molecule has 0 aliphatic heterocycles. The summed E-state index contributed by atoms with van der Waals surface area (Å²) in [6.07, 6.45) is 0. The van der Waals surface area contributed by atoms with E-state index in [2.05, 4.69) is 34.7 Å². The number of benzene rings is 2. The van der Waals surface area contributed by atoms with E-state index in [0.717, 1.165) is 18.1 Å². The lowest BCUT2D eigenvalue weighted by molar-refractivity contribution is 0.392. The first-order valence-electron chi connectivity index (χ1n) is 8.98. The van der Waals surface area contributed by atoms with Crippen LogP contribution in [-0.4, -0.2) is 31.5 Å². The summed E-state index contributed by atoms with van der Waals surface area (Å²) in [4.78, 5) is 6.59. The number of hydrogen-bond acceptors (Lipinski definition) is 2. The van der Waals surface area contributed by atoms with Crippen molar-refractivity contribution in [3.05, 3.63) is 70.5 Å². The van der Waals surface area contributed by atoms with Crippen LogP contribution in [0.4, 0.5) is 4.39 Å². The fourth-order valence-corrected chi connectivity index (χ4v) is 2.69. The largest absolute Gasteiger partial charge is 0.357 e. The Bertz CT molecular complexity index is 741. The van der Waals surface area contributed by atoms with E-state index in [4.69, 9.17) is 0 Å². The number of nitrogens with zero attached hydrogens (tertiary/aromatic N) is 2. The third-order valence-electron chi connectivity index (χ3n) is 4.07. The van der Waals surface area contributed by atoms with Gasteiger partial charge in [-0.05, 0) is 56.8 Å². The molecule has 0 amide bonds. The van der Waals surface area contributed by atoms with Gasteiger partial charge in [0, 0.05) is 25.2 Å². The lowest BCUT2D eigenvalue weighted by Crippen LogP contribution is -2.36. The zero-order chi connectivity index (χ0) is 18.9. The minimum atomic E-state index is -0.170. The van der Waals surface area contributed by atoms with Crippen LogP contribution in [0, 0.1) is 12.7 Å². The second-order valence-electron chi connectivity index (χ2n) is 6.64. The summed E-state index contributed by atoms with van der Waals surface area (Å²) in [5, 5.41) is 6.62. The molecule has 0 aromatic heterocycles. The highest BCUT2D eigenvalue weighted by Crippen LogP contribution is 2.13. The summed E-state index contributed by atoms with van der Waals surface area (Å²) in [6.45, 7) is 6.73. The molecule has 0 aliphatic rings. The van der Waals surface area contributed by atoms with Gasteiger partial charge in [0.25, 0.3) is 0 Å². The van der Waals surface area contributed by atoms with Crippen LogP contribution in [0.25, 0.3) is 0 Å². The maximum Gasteiger partial charge on any atom is 0.191 e. The van der Waals surface area contributed by atoms with E-state index < -0.39 is 0 Å². The van der Waals surface area contributed by atoms with Crippen LogP contribution < -0.4 is 10.6 Å². The fraction of sp³-hybridized carbons (Fsp3) is 0.381. The van der Waals surface area contributed by atoms with Crippen molar-refractivity contribution >= 4 is 5.96 Å². The standard InChI is InChI=1S/C21H29FN4/c1-5-23-21(25-14-18-9-7-6-8-16(18)2)24-13-17-10-11-20(22)19(12-17)15-26(3)4/h6-12H,5,13-15H2,1-4H3,(H2,23,24,25). The second-order valence-corrected chi connectivity index (χ2v) is 6.64. The Kier molecular flexibility index (Phi) is 7.60. The molecule has 0 spiro atoms. The molecule has 0 aliphatic carbocycles. The molecule has 0 saturated heterocycles. The first kappa shape index (κ1) is 19.9. The summed E-state index contributed by atoms with van der Waals surface area (Å²) >= 11 is 0. The van der Waals surface area contributed by atoms with Gasteiger partial charge in [0.15, 0.2) is 5.96 Å². The average molecular weight is 356 g/mol. The van der Waals surface area contributed by atoms with Gasteiger partial charge in [-0.25, -0.2) is 9.38 Å². The lowest BCUT2D eigenvalue weighted by atomic mass is 10.1. The SMILES string of the molecule is CCNC(=NCc1ccc(F)c(CN(C)C)c1)NCc1ccccc1C. The summed E-state index contributed by atoms with van der Waals surface area (Å²) in [6, 6.07) is 13.5. The average Bonchev–Trinajstić information content (AvgIpc) is 2.60. The van der Waals surface area contributed by atoms with Gasteiger partial charge in [0.2, 0.25) is 0 Å². The topological polar surface area (TPSA) is 39.7 Å². The molecule has 4 nitrogen and oxygen atoms in total. The van der Waals surface area contributed by atoms with Crippen LogP contribution in [0.2, 0.25) is 0 Å². The van der Waals surface area contributed by atoms with E-state index in [1.165, 1.54) is 17.2 Å². The smallest absolute Gasteiger partial charge is 0.191 e. The normalized spacial score (nSPS) is 11.7. The molecular weight excluding hydrogens is 327 g/mol. The Labute approximate surface area is 156 Å². The molecular formula is C21H29FN4. The summed E-state index contributed by atoms with van der Waals surface area (Å²) in [7, 11) is 3.87. The van der Waals surface area contributed by atoms with Crippen LogP contribution in [0.15, 0.2) is 47.5 Å². The van der Waals surface area contributed by atoms with Crippen molar-refractivity contribution in [2.75, 3.05) is 20.6 Å². The quantitative estimate of drug-likeness (QED) is 0.590. The number of aryl methyl sites for hydroxylation is 1. The van der Waals surface area contributed by atoms with Crippen LogP contribution >= 0.6 is 0 Å². The van der Waals surface area contributed by atoms with Gasteiger partial charge in [0.05, 0.1) is 6.54 Å². The number of hydrogen-bond donors (Lipinski definition) is 2. The van der Waals surface area contributed by atoms with E-state index >= 15 is 0 Å². The van der Waals surface area contributed by atoms with Crippen LogP contribution in [0.3, 0.4) is 0 Å². The van der Waals surface area contributed by atoms with Gasteiger partial charge >= 0.3 is 0 Å². The van der Waals surface area contributed by atoms with Gasteiger partial charge in [-0.15, -0.1) is 0 Å². The van der Waals surface area contributed by atoms with Gasteiger partial charge in [0.1, 0.15) is 5.82 Å². The zero-order valence-corrected chi connectivity index (χ0v) is 16.1. The van der Waals surface area contributed by atoms with E-state index in [1.54, 1.807) is 6.07 Å². The molecule has 5 heteroatoms. The second kappa shape index (κ2) is 9.92. The summed E-state index contributed by atoms with van der Waals surface area (Å²) in [5.41, 5.74) is 4.19. The minimum Gasteiger partial charge on any atom is -0.357 e. The van der Waals surface area contributed by atoms with Crippen molar-refractivity contribution < 1.29 is 4.39 Å². The summed E-state index contributed by atoms with van der Waals surface area (Å²) in [5.74, 6) is 0.588. The van der Waals surface area contributed by atoms with E-state index in [1.807, 2.05) is 44.1 Å². The molecule has 2 rings (SSSR count). The van der Waals surface area contributed by atoms with Crippen molar-refractivity contribution in [1.82, 2.24) is 15.5 Å². The highest BCUT2D eigenvalue weighted by Gasteiger charge is 2.06. The number of nitrogens with one attached hydrogen (secondary N) is 2. The molecule has 0 atom stereocenters. The molecule has 0 radical (unpaired) electrons. The summed E-state index contributed by atoms with van der Waals surface area (Å²) < 4.78 is 13.9. The molecule has 2 aromatic carbocycles. The Balaban J connectivity index is 2.05. The predicted molar refractivity (Wildman–Crippen MR) is 107 cm³/mol. The minimum absolute atomic E-state index is 0.170. The van der Waals surface area contributed by atoms with E-state index in [-0.39, 0.29) is 5.82 Å².